The number of alkyl halides is 3. The van der Waals surface area contributed by atoms with Crippen LogP contribution in [0.2, 0.25) is 0 Å². The lowest BCUT2D eigenvalue weighted by molar-refractivity contribution is -0.137. The molecule has 2 heterocycles. The van der Waals surface area contributed by atoms with E-state index in [9.17, 15) is 23.4 Å². The Hall–Kier alpha value is -2.35. The number of nitrogens with zero attached hydrogens (tertiary/aromatic N) is 3. The van der Waals surface area contributed by atoms with E-state index in [1.807, 2.05) is 13.8 Å². The molecule has 0 amide bonds. The lowest BCUT2D eigenvalue weighted by atomic mass is 9.64. The molecule has 156 valence electrons. The fraction of sp³-hybridized carbons (Fsp3) is 0.524. The van der Waals surface area contributed by atoms with Gasteiger partial charge < -0.3 is 15.1 Å². The van der Waals surface area contributed by atoms with Crippen LogP contribution in [0.15, 0.2) is 18.2 Å². The lowest BCUT2D eigenvalue weighted by Gasteiger charge is -2.54. The highest BCUT2D eigenvalue weighted by molar-refractivity contribution is 5.73. The Morgan fingerprint density at radius 1 is 1.17 bits per heavy atom. The first-order valence-electron chi connectivity index (χ1n) is 9.71. The Kier molecular flexibility index (Phi) is 4.53. The van der Waals surface area contributed by atoms with E-state index >= 15 is 0 Å². The van der Waals surface area contributed by atoms with E-state index in [4.69, 9.17) is 0 Å². The molecule has 1 aliphatic heterocycles. The maximum atomic E-state index is 13.0. The summed E-state index contributed by atoms with van der Waals surface area (Å²) in [6.45, 7) is 6.36. The van der Waals surface area contributed by atoms with Crippen molar-refractivity contribution in [3.8, 4) is 17.0 Å². The van der Waals surface area contributed by atoms with Gasteiger partial charge in [0, 0.05) is 12.1 Å². The molecule has 2 aliphatic rings. The largest absolute Gasteiger partial charge is 0.507 e. The van der Waals surface area contributed by atoms with Crippen molar-refractivity contribution in [3.63, 3.8) is 0 Å². The van der Waals surface area contributed by atoms with E-state index < -0.39 is 23.6 Å². The molecular formula is C21H24F3N3O2. The average Bonchev–Trinajstić information content (AvgIpc) is 2.64. The Labute approximate surface area is 167 Å². The van der Waals surface area contributed by atoms with Gasteiger partial charge in [-0.2, -0.15) is 13.2 Å². The molecule has 4 rings (SSSR count). The van der Waals surface area contributed by atoms with Crippen LogP contribution in [0.3, 0.4) is 0 Å². The van der Waals surface area contributed by atoms with E-state index in [2.05, 4.69) is 15.1 Å². The minimum Gasteiger partial charge on any atom is -0.507 e. The lowest BCUT2D eigenvalue weighted by Crippen LogP contribution is -2.62. The van der Waals surface area contributed by atoms with Crippen LogP contribution < -0.4 is 4.90 Å². The molecule has 2 N–H and O–H groups in total. The van der Waals surface area contributed by atoms with Gasteiger partial charge in [0.15, 0.2) is 5.82 Å². The summed E-state index contributed by atoms with van der Waals surface area (Å²) >= 11 is 0. The number of phenols is 1. The Balaban J connectivity index is 1.69. The topological polar surface area (TPSA) is 69.5 Å². The Morgan fingerprint density at radius 2 is 1.90 bits per heavy atom. The van der Waals surface area contributed by atoms with E-state index in [1.54, 1.807) is 6.07 Å². The molecule has 0 radical (unpaired) electrons. The van der Waals surface area contributed by atoms with Crippen LogP contribution in [-0.2, 0) is 12.6 Å². The normalized spacial score (nSPS) is 23.5. The van der Waals surface area contributed by atoms with Crippen LogP contribution in [0.25, 0.3) is 11.3 Å². The molecule has 1 fully saturated rings. The number of aromatic hydroxyl groups is 1. The van der Waals surface area contributed by atoms with Crippen LogP contribution in [0.5, 0.6) is 5.75 Å². The van der Waals surface area contributed by atoms with Crippen molar-refractivity contribution in [2.45, 2.75) is 58.4 Å². The van der Waals surface area contributed by atoms with E-state index in [0.29, 0.717) is 11.5 Å². The predicted octanol–water partition coefficient (Wildman–Crippen LogP) is 4.09. The van der Waals surface area contributed by atoms with Gasteiger partial charge in [-0.15, -0.1) is 10.2 Å². The minimum absolute atomic E-state index is 0.00888. The van der Waals surface area contributed by atoms with E-state index in [-0.39, 0.29) is 22.6 Å². The molecule has 1 saturated carbocycles. The van der Waals surface area contributed by atoms with Gasteiger partial charge in [-0.1, -0.05) is 13.8 Å². The number of aliphatic hydroxyl groups is 1. The van der Waals surface area contributed by atoms with Gasteiger partial charge in [0.05, 0.1) is 23.4 Å². The fourth-order valence-corrected chi connectivity index (χ4v) is 4.52. The van der Waals surface area contributed by atoms with Gasteiger partial charge in [-0.05, 0) is 60.9 Å². The zero-order valence-electron chi connectivity index (χ0n) is 16.6. The van der Waals surface area contributed by atoms with Crippen LogP contribution in [0.4, 0.5) is 19.0 Å². The molecule has 0 spiro atoms. The first kappa shape index (κ1) is 19.9. The average molecular weight is 407 g/mol. The summed E-state index contributed by atoms with van der Waals surface area (Å²) in [5.41, 5.74) is 0.805. The molecule has 5 nitrogen and oxygen atoms in total. The molecule has 2 unspecified atom stereocenters. The number of hydrogen-bond donors (Lipinski definition) is 2. The SMILES string of the molecule is Cc1cc(C(F)(F)F)cc(O)c1-c1cc2c(nn1)N(C1CC(C)(C)C1O)CCC2. The fourth-order valence-electron chi connectivity index (χ4n) is 4.52. The molecule has 8 heteroatoms. The van der Waals surface area contributed by atoms with Crippen molar-refractivity contribution in [1.82, 2.24) is 10.2 Å². The predicted molar refractivity (Wildman–Crippen MR) is 103 cm³/mol. The van der Waals surface area contributed by atoms with Crippen molar-refractivity contribution in [2.24, 2.45) is 5.41 Å². The number of aliphatic hydroxyl groups excluding tert-OH is 1. The molecule has 2 aromatic rings. The monoisotopic (exact) mass is 407 g/mol. The van der Waals surface area contributed by atoms with Gasteiger partial charge in [0.1, 0.15) is 5.75 Å². The second-order valence-electron chi connectivity index (χ2n) is 8.77. The summed E-state index contributed by atoms with van der Waals surface area (Å²) in [4.78, 5) is 2.09. The number of aromatic nitrogens is 2. The van der Waals surface area contributed by atoms with Gasteiger partial charge in [0.25, 0.3) is 0 Å². The van der Waals surface area contributed by atoms with Crippen molar-refractivity contribution < 1.29 is 23.4 Å². The summed E-state index contributed by atoms with van der Waals surface area (Å²) in [7, 11) is 0. The van der Waals surface area contributed by atoms with Crippen LogP contribution in [-0.4, -0.2) is 39.1 Å². The number of phenolic OH excluding ortho intramolecular Hbond substituents is 1. The number of rotatable bonds is 2. The summed E-state index contributed by atoms with van der Waals surface area (Å²) in [5, 5.41) is 29.3. The van der Waals surface area contributed by atoms with Crippen LogP contribution in [0.1, 0.15) is 43.4 Å². The maximum Gasteiger partial charge on any atom is 0.416 e. The van der Waals surface area contributed by atoms with Crippen molar-refractivity contribution >= 4 is 5.82 Å². The molecule has 0 bridgehead atoms. The molecule has 0 saturated heterocycles. The van der Waals surface area contributed by atoms with Gasteiger partial charge in [-0.3, -0.25) is 0 Å². The quantitative estimate of drug-likeness (QED) is 0.785. The van der Waals surface area contributed by atoms with Crippen molar-refractivity contribution in [1.29, 1.82) is 0 Å². The number of hydrogen-bond acceptors (Lipinski definition) is 5. The molecule has 29 heavy (non-hydrogen) atoms. The van der Waals surface area contributed by atoms with Gasteiger partial charge in [0.2, 0.25) is 0 Å². The summed E-state index contributed by atoms with van der Waals surface area (Å²) in [5.74, 6) is 0.249. The third-order valence-corrected chi connectivity index (χ3v) is 6.17. The third kappa shape index (κ3) is 3.33. The van der Waals surface area contributed by atoms with Crippen molar-refractivity contribution in [3.05, 3.63) is 34.9 Å². The van der Waals surface area contributed by atoms with Gasteiger partial charge in [-0.25, -0.2) is 0 Å². The Morgan fingerprint density at radius 3 is 2.48 bits per heavy atom. The van der Waals surface area contributed by atoms with Crippen molar-refractivity contribution in [2.75, 3.05) is 11.4 Å². The highest BCUT2D eigenvalue weighted by atomic mass is 19.4. The first-order chi connectivity index (χ1) is 13.5. The molecule has 1 aromatic carbocycles. The highest BCUT2D eigenvalue weighted by Crippen LogP contribution is 2.46. The number of benzene rings is 1. The number of fused-ring (bicyclic) bond motifs is 1. The summed E-state index contributed by atoms with van der Waals surface area (Å²) < 4.78 is 39.0. The number of halogens is 3. The van der Waals surface area contributed by atoms with Gasteiger partial charge >= 0.3 is 6.18 Å². The summed E-state index contributed by atoms with van der Waals surface area (Å²) in [6, 6.07) is 3.52. The minimum atomic E-state index is -4.53. The second kappa shape index (κ2) is 6.58. The zero-order chi connectivity index (χ0) is 21.1. The zero-order valence-corrected chi connectivity index (χ0v) is 16.6. The highest BCUT2D eigenvalue weighted by Gasteiger charge is 2.50. The smallest absolute Gasteiger partial charge is 0.416 e. The standard InChI is InChI=1S/C21H24F3N3O2/c1-11-7-13(21(22,23)24)9-16(28)17(11)14-8-12-5-4-6-27(19(12)26-25-14)15-10-20(2,3)18(15)29/h7-9,15,18,28-29H,4-6,10H2,1-3H3. The molecule has 1 aliphatic carbocycles. The molecule has 2 atom stereocenters. The number of aryl methyl sites for hydroxylation is 2. The van der Waals surface area contributed by atoms with Crippen LogP contribution in [0, 0.1) is 12.3 Å². The van der Waals surface area contributed by atoms with E-state index in [1.165, 1.54) is 6.92 Å². The number of anilines is 1. The van der Waals surface area contributed by atoms with E-state index in [0.717, 1.165) is 43.5 Å². The second-order valence-corrected chi connectivity index (χ2v) is 8.77. The summed E-state index contributed by atoms with van der Waals surface area (Å²) in [6.07, 6.45) is -2.47. The Bertz CT molecular complexity index is 936. The molecular weight excluding hydrogens is 383 g/mol. The van der Waals surface area contributed by atoms with Crippen LogP contribution >= 0.6 is 0 Å². The first-order valence-corrected chi connectivity index (χ1v) is 9.71. The third-order valence-electron chi connectivity index (χ3n) is 6.17. The maximum absolute atomic E-state index is 13.0. The molecule has 1 aromatic heterocycles.